The van der Waals surface area contributed by atoms with E-state index in [0.717, 1.165) is 25.1 Å². The number of hydrogen-bond donors (Lipinski definition) is 0. The molecule has 1 unspecified atom stereocenters. The van der Waals surface area contributed by atoms with Crippen LogP contribution in [-0.4, -0.2) is 27.3 Å². The number of benzene rings is 1. The topological polar surface area (TPSA) is 46.1 Å². The van der Waals surface area contributed by atoms with E-state index in [9.17, 15) is 4.79 Å². The van der Waals surface area contributed by atoms with Gasteiger partial charge in [-0.1, -0.05) is 30.3 Å². The standard InChI is InChI=1S/C16H17N3O/c1-12-10-18-14(11-17-12)16(20)19-9-5-8-15(19)13-6-3-2-4-7-13/h2-4,6-7,10-11,15H,5,8-9H2,1H3. The van der Waals surface area contributed by atoms with Gasteiger partial charge >= 0.3 is 0 Å². The van der Waals surface area contributed by atoms with Crippen molar-refractivity contribution < 1.29 is 4.79 Å². The van der Waals surface area contributed by atoms with Crippen LogP contribution in [0.3, 0.4) is 0 Å². The van der Waals surface area contributed by atoms with Gasteiger partial charge in [0.15, 0.2) is 0 Å². The molecular formula is C16H17N3O. The predicted molar refractivity (Wildman–Crippen MR) is 76.2 cm³/mol. The molecule has 3 rings (SSSR count). The average Bonchev–Trinajstić information content (AvgIpc) is 2.97. The lowest BCUT2D eigenvalue weighted by atomic mass is 10.0. The average molecular weight is 267 g/mol. The lowest BCUT2D eigenvalue weighted by Gasteiger charge is -2.24. The van der Waals surface area contributed by atoms with Gasteiger partial charge in [-0.3, -0.25) is 9.78 Å². The van der Waals surface area contributed by atoms with Gasteiger partial charge in [-0.25, -0.2) is 4.98 Å². The summed E-state index contributed by atoms with van der Waals surface area (Å²) in [5.74, 6) is -0.0242. The number of hydrogen-bond acceptors (Lipinski definition) is 3. The van der Waals surface area contributed by atoms with E-state index in [1.807, 2.05) is 30.0 Å². The van der Waals surface area contributed by atoms with Crippen molar-refractivity contribution in [3.8, 4) is 0 Å². The summed E-state index contributed by atoms with van der Waals surface area (Å²) in [7, 11) is 0. The lowest BCUT2D eigenvalue weighted by Crippen LogP contribution is -2.31. The van der Waals surface area contributed by atoms with Crippen molar-refractivity contribution in [2.45, 2.75) is 25.8 Å². The zero-order valence-corrected chi connectivity index (χ0v) is 11.5. The fourth-order valence-electron chi connectivity index (χ4n) is 2.68. The Morgan fingerprint density at radius 1 is 1.20 bits per heavy atom. The second kappa shape index (κ2) is 5.41. The molecule has 1 saturated heterocycles. The molecule has 1 aliphatic heterocycles. The Balaban J connectivity index is 1.85. The van der Waals surface area contributed by atoms with Gasteiger partial charge in [-0.2, -0.15) is 0 Å². The van der Waals surface area contributed by atoms with E-state index in [-0.39, 0.29) is 11.9 Å². The first-order valence-electron chi connectivity index (χ1n) is 6.90. The molecule has 0 aliphatic carbocycles. The van der Waals surface area contributed by atoms with E-state index in [0.29, 0.717) is 5.69 Å². The SMILES string of the molecule is Cc1cnc(C(=O)N2CCCC2c2ccccc2)cn1. The Hall–Kier alpha value is -2.23. The van der Waals surface area contributed by atoms with Crippen LogP contribution in [0.2, 0.25) is 0 Å². The molecule has 0 bridgehead atoms. The summed E-state index contributed by atoms with van der Waals surface area (Å²) in [5.41, 5.74) is 2.44. The molecule has 0 saturated carbocycles. The number of amides is 1. The van der Waals surface area contributed by atoms with Gasteiger partial charge in [0.2, 0.25) is 0 Å². The van der Waals surface area contributed by atoms with E-state index in [4.69, 9.17) is 0 Å². The number of aryl methyl sites for hydroxylation is 1. The quantitative estimate of drug-likeness (QED) is 0.840. The van der Waals surface area contributed by atoms with E-state index < -0.39 is 0 Å². The number of carbonyl (C=O) groups excluding carboxylic acids is 1. The highest BCUT2D eigenvalue weighted by Crippen LogP contribution is 2.32. The highest BCUT2D eigenvalue weighted by Gasteiger charge is 2.31. The van der Waals surface area contributed by atoms with E-state index in [1.165, 1.54) is 5.56 Å². The van der Waals surface area contributed by atoms with Crippen LogP contribution in [0.25, 0.3) is 0 Å². The Bertz CT molecular complexity index is 595. The van der Waals surface area contributed by atoms with Gasteiger partial charge in [-0.05, 0) is 25.3 Å². The summed E-state index contributed by atoms with van der Waals surface area (Å²) >= 11 is 0. The maximum Gasteiger partial charge on any atom is 0.274 e. The fourth-order valence-corrected chi connectivity index (χ4v) is 2.68. The third-order valence-corrected chi connectivity index (χ3v) is 3.70. The van der Waals surface area contributed by atoms with Gasteiger partial charge in [0.05, 0.1) is 17.9 Å². The minimum Gasteiger partial charge on any atom is -0.330 e. The van der Waals surface area contributed by atoms with Crippen molar-refractivity contribution in [1.82, 2.24) is 14.9 Å². The molecular weight excluding hydrogens is 250 g/mol. The zero-order chi connectivity index (χ0) is 13.9. The summed E-state index contributed by atoms with van der Waals surface area (Å²) in [4.78, 5) is 22.8. The van der Waals surface area contributed by atoms with Gasteiger partial charge in [0.25, 0.3) is 5.91 Å². The first-order valence-corrected chi connectivity index (χ1v) is 6.90. The number of nitrogens with zero attached hydrogens (tertiary/aromatic N) is 3. The maximum absolute atomic E-state index is 12.6. The predicted octanol–water partition coefficient (Wildman–Crippen LogP) is 2.76. The summed E-state index contributed by atoms with van der Waals surface area (Å²) in [6.07, 6.45) is 5.25. The molecule has 102 valence electrons. The van der Waals surface area contributed by atoms with Gasteiger partial charge < -0.3 is 4.90 Å². The number of aromatic nitrogens is 2. The van der Waals surface area contributed by atoms with Crippen LogP contribution in [0.5, 0.6) is 0 Å². The number of likely N-dealkylation sites (tertiary alicyclic amines) is 1. The highest BCUT2D eigenvalue weighted by molar-refractivity contribution is 5.92. The number of rotatable bonds is 2. The summed E-state index contributed by atoms with van der Waals surface area (Å²) in [5, 5.41) is 0. The third kappa shape index (κ3) is 2.41. The first kappa shape index (κ1) is 12.8. The normalized spacial score (nSPS) is 18.2. The van der Waals surface area contributed by atoms with Crippen molar-refractivity contribution in [1.29, 1.82) is 0 Å². The molecule has 1 fully saturated rings. The number of carbonyl (C=O) groups is 1. The molecule has 2 heterocycles. The van der Waals surface area contributed by atoms with Crippen molar-refractivity contribution in [2.75, 3.05) is 6.54 Å². The molecule has 1 amide bonds. The Morgan fingerprint density at radius 3 is 2.70 bits per heavy atom. The lowest BCUT2D eigenvalue weighted by molar-refractivity contribution is 0.0729. The summed E-state index contributed by atoms with van der Waals surface area (Å²) < 4.78 is 0. The van der Waals surface area contributed by atoms with Crippen LogP contribution in [0, 0.1) is 6.92 Å². The van der Waals surface area contributed by atoms with Crippen molar-refractivity contribution >= 4 is 5.91 Å². The van der Waals surface area contributed by atoms with Crippen molar-refractivity contribution in [3.63, 3.8) is 0 Å². The molecule has 0 radical (unpaired) electrons. The minimum absolute atomic E-state index is 0.0242. The first-order chi connectivity index (χ1) is 9.75. The Morgan fingerprint density at radius 2 is 2.00 bits per heavy atom. The Kier molecular flexibility index (Phi) is 3.46. The second-order valence-electron chi connectivity index (χ2n) is 5.11. The van der Waals surface area contributed by atoms with Crippen LogP contribution < -0.4 is 0 Å². The second-order valence-corrected chi connectivity index (χ2v) is 5.11. The molecule has 20 heavy (non-hydrogen) atoms. The molecule has 1 aromatic heterocycles. The third-order valence-electron chi connectivity index (χ3n) is 3.70. The minimum atomic E-state index is -0.0242. The van der Waals surface area contributed by atoms with E-state index in [2.05, 4.69) is 22.1 Å². The summed E-state index contributed by atoms with van der Waals surface area (Å²) in [6, 6.07) is 10.3. The van der Waals surface area contributed by atoms with Gasteiger partial charge in [0, 0.05) is 12.7 Å². The van der Waals surface area contributed by atoms with E-state index >= 15 is 0 Å². The molecule has 0 spiro atoms. The van der Waals surface area contributed by atoms with Crippen LogP contribution in [0.15, 0.2) is 42.7 Å². The molecule has 4 heteroatoms. The highest BCUT2D eigenvalue weighted by atomic mass is 16.2. The van der Waals surface area contributed by atoms with Crippen LogP contribution in [-0.2, 0) is 0 Å². The zero-order valence-electron chi connectivity index (χ0n) is 11.5. The molecule has 1 aliphatic rings. The summed E-state index contributed by atoms with van der Waals surface area (Å²) in [6.45, 7) is 2.65. The molecule has 4 nitrogen and oxygen atoms in total. The fraction of sp³-hybridized carbons (Fsp3) is 0.312. The largest absolute Gasteiger partial charge is 0.330 e. The van der Waals surface area contributed by atoms with E-state index in [1.54, 1.807) is 12.4 Å². The molecule has 1 atom stereocenters. The monoisotopic (exact) mass is 267 g/mol. The van der Waals surface area contributed by atoms with Gasteiger partial charge in [0.1, 0.15) is 5.69 Å². The molecule has 2 aromatic rings. The smallest absolute Gasteiger partial charge is 0.274 e. The molecule has 0 N–H and O–H groups in total. The van der Waals surface area contributed by atoms with Crippen molar-refractivity contribution in [3.05, 3.63) is 59.7 Å². The van der Waals surface area contributed by atoms with Crippen molar-refractivity contribution in [2.24, 2.45) is 0 Å². The van der Waals surface area contributed by atoms with Gasteiger partial charge in [-0.15, -0.1) is 0 Å². The van der Waals surface area contributed by atoms with Crippen LogP contribution in [0.1, 0.15) is 40.6 Å². The Labute approximate surface area is 118 Å². The van der Waals surface area contributed by atoms with Crippen LogP contribution in [0.4, 0.5) is 0 Å². The maximum atomic E-state index is 12.6. The van der Waals surface area contributed by atoms with Crippen LogP contribution >= 0.6 is 0 Å². The molecule has 1 aromatic carbocycles.